The molecule has 0 N–H and O–H groups in total. The van der Waals surface area contributed by atoms with Crippen molar-refractivity contribution in [3.8, 4) is 0 Å². The maximum Gasteiger partial charge on any atom is 0.412 e. The molecule has 0 aromatic rings. The van der Waals surface area contributed by atoms with Crippen molar-refractivity contribution in [3.05, 3.63) is 37.0 Å². The van der Waals surface area contributed by atoms with Gasteiger partial charge in [-0.05, 0) is 55.5 Å². The van der Waals surface area contributed by atoms with E-state index in [9.17, 15) is 27.6 Å². The molecule has 0 saturated carbocycles. The topological polar surface area (TPSA) is 78.9 Å². The first-order chi connectivity index (χ1) is 21.3. The van der Waals surface area contributed by atoms with Crippen LogP contribution < -0.4 is 0 Å². The lowest BCUT2D eigenvalue weighted by atomic mass is 9.73. The number of esters is 1. The first-order valence-electron chi connectivity index (χ1n) is 16.9. The van der Waals surface area contributed by atoms with E-state index in [1.54, 1.807) is 19.9 Å². The molecule has 6 nitrogen and oxygen atoms in total. The van der Waals surface area contributed by atoms with Gasteiger partial charge in [-0.3, -0.25) is 14.4 Å². The van der Waals surface area contributed by atoms with E-state index in [-0.39, 0.29) is 23.2 Å². The second-order valence-corrected chi connectivity index (χ2v) is 24.4. The van der Waals surface area contributed by atoms with Crippen LogP contribution in [0.1, 0.15) is 95.4 Å². The average Bonchev–Trinajstić information content (AvgIpc) is 2.96. The maximum atomic E-state index is 14.5. The Morgan fingerprint density at radius 1 is 0.894 bits per heavy atom. The van der Waals surface area contributed by atoms with Gasteiger partial charge in [-0.15, -0.1) is 13.2 Å². The van der Waals surface area contributed by atoms with Gasteiger partial charge in [0.2, 0.25) is 0 Å². The highest BCUT2D eigenvalue weighted by atomic mass is 28.4. The number of carbonyl (C=O) groups excluding carboxylic acids is 3. The van der Waals surface area contributed by atoms with Gasteiger partial charge in [-0.25, -0.2) is 0 Å². The van der Waals surface area contributed by atoms with E-state index in [0.717, 1.165) is 30.3 Å². The molecule has 1 unspecified atom stereocenters. The van der Waals surface area contributed by atoms with Gasteiger partial charge >= 0.3 is 12.1 Å². The lowest BCUT2D eigenvalue weighted by Gasteiger charge is -2.45. The molecule has 0 amide bonds. The fourth-order valence-corrected chi connectivity index (χ4v) is 9.77. The highest BCUT2D eigenvalue weighted by molar-refractivity contribution is 6.74. The van der Waals surface area contributed by atoms with Gasteiger partial charge in [-0.1, -0.05) is 87.5 Å². The normalized spacial score (nSPS) is 16.9. The molecule has 0 rings (SSSR count). The lowest BCUT2D eigenvalue weighted by Crippen LogP contribution is -2.53. The van der Waals surface area contributed by atoms with E-state index in [4.69, 9.17) is 13.6 Å². The standard InChI is InChI=1S/C36H63F3O6Si2/c1-16-21-28(36(37,38)39)22-23-29(27(8)40)43-31(41)24-30(44-47(18-3,19-4)20-5)35(12,13)33(42)26(7)32(25(6)17-2)45-46(14,15)34(9,10)11/h16-17,22,25-26,29-30,32H,1-2,18-21,23-24H2,3-15H3/b28-22+/t25-,26+,29?,30-,32-/m0/s1. The van der Waals surface area contributed by atoms with E-state index in [0.29, 0.717) is 0 Å². The van der Waals surface area contributed by atoms with Crippen LogP contribution in [0, 0.1) is 17.3 Å². The quantitative estimate of drug-likeness (QED) is 0.0672. The molecule has 5 atom stereocenters. The molecule has 0 heterocycles. The first-order valence-corrected chi connectivity index (χ1v) is 22.3. The number of halogens is 3. The fourth-order valence-electron chi connectivity index (χ4n) is 5.33. The highest BCUT2D eigenvalue weighted by Gasteiger charge is 2.49. The molecule has 272 valence electrons. The van der Waals surface area contributed by atoms with Gasteiger partial charge in [0.05, 0.1) is 18.6 Å². The summed E-state index contributed by atoms with van der Waals surface area (Å²) in [5.74, 6) is -2.24. The SMILES string of the molecule is C=CC/C(=C\CC(OC(=O)C[C@H](O[Si](CC)(CC)CC)C(C)(C)C(=O)[C@H](C)[C@@H](O[Si](C)(C)C(C)(C)C)[C@@H](C)C=C)C(C)=O)C(F)(F)F. The zero-order valence-corrected chi connectivity index (χ0v) is 33.4. The minimum atomic E-state index is -4.61. The van der Waals surface area contributed by atoms with Gasteiger partial charge in [-0.2, -0.15) is 13.2 Å². The van der Waals surface area contributed by atoms with Crippen LogP contribution in [0.3, 0.4) is 0 Å². The summed E-state index contributed by atoms with van der Waals surface area (Å²) in [6, 6.07) is 2.29. The third kappa shape index (κ3) is 12.9. The van der Waals surface area contributed by atoms with Gasteiger partial charge in [0.25, 0.3) is 0 Å². The van der Waals surface area contributed by atoms with E-state index >= 15 is 0 Å². The van der Waals surface area contributed by atoms with Crippen LogP contribution in [-0.2, 0) is 28.0 Å². The van der Waals surface area contributed by atoms with Gasteiger partial charge in [0.15, 0.2) is 28.5 Å². The lowest BCUT2D eigenvalue weighted by molar-refractivity contribution is -0.158. The molecule has 0 aromatic heterocycles. The van der Waals surface area contributed by atoms with Gasteiger partial charge in [0, 0.05) is 23.3 Å². The number of allylic oxidation sites excluding steroid dienone is 2. The predicted octanol–water partition coefficient (Wildman–Crippen LogP) is 10.2. The summed E-state index contributed by atoms with van der Waals surface area (Å²) >= 11 is 0. The van der Waals surface area contributed by atoms with Crippen molar-refractivity contribution >= 4 is 34.2 Å². The van der Waals surface area contributed by atoms with Crippen LogP contribution in [0.4, 0.5) is 13.2 Å². The molecular weight excluding hydrogens is 642 g/mol. The summed E-state index contributed by atoms with van der Waals surface area (Å²) in [5, 5.41) is -0.0938. The molecule has 0 aliphatic carbocycles. The third-order valence-corrected chi connectivity index (χ3v) is 19.3. The van der Waals surface area contributed by atoms with Crippen molar-refractivity contribution in [2.24, 2.45) is 17.3 Å². The Hall–Kier alpha value is -1.83. The fraction of sp³-hybridized carbons (Fsp3) is 0.750. The number of Topliss-reactive ketones (excluding diaryl/α,β-unsaturated/α-hetero) is 2. The number of hydrogen-bond acceptors (Lipinski definition) is 6. The first kappa shape index (κ1) is 45.2. The summed E-state index contributed by atoms with van der Waals surface area (Å²) in [6.45, 7) is 32.7. The average molecular weight is 705 g/mol. The second-order valence-electron chi connectivity index (χ2n) is 14.9. The van der Waals surface area contributed by atoms with Crippen molar-refractivity contribution in [2.75, 3.05) is 0 Å². The number of ketones is 2. The number of alkyl halides is 3. The Labute approximate surface area is 285 Å². The Bertz CT molecular complexity index is 1090. The van der Waals surface area contributed by atoms with E-state index < -0.39 is 82.6 Å². The zero-order chi connectivity index (χ0) is 37.2. The van der Waals surface area contributed by atoms with Gasteiger partial charge in [0.1, 0.15) is 5.78 Å². The van der Waals surface area contributed by atoms with Crippen LogP contribution >= 0.6 is 0 Å². The number of carbonyl (C=O) groups is 3. The summed E-state index contributed by atoms with van der Waals surface area (Å²) in [7, 11) is -4.69. The van der Waals surface area contributed by atoms with Crippen LogP contribution in [0.5, 0.6) is 0 Å². The number of hydrogen-bond donors (Lipinski definition) is 0. The second kappa shape index (κ2) is 18.2. The summed E-state index contributed by atoms with van der Waals surface area (Å²) in [6.07, 6.45) is -4.78. The largest absolute Gasteiger partial charge is 0.454 e. The van der Waals surface area contributed by atoms with Crippen molar-refractivity contribution in [2.45, 2.75) is 156 Å². The van der Waals surface area contributed by atoms with Crippen LogP contribution in [0.25, 0.3) is 0 Å². The Morgan fingerprint density at radius 3 is 1.79 bits per heavy atom. The summed E-state index contributed by atoms with van der Waals surface area (Å²) < 4.78 is 59.5. The summed E-state index contributed by atoms with van der Waals surface area (Å²) in [5.41, 5.74) is -2.05. The summed E-state index contributed by atoms with van der Waals surface area (Å²) in [4.78, 5) is 40.4. The van der Waals surface area contributed by atoms with Crippen LogP contribution in [0.2, 0.25) is 36.3 Å². The highest BCUT2D eigenvalue weighted by Crippen LogP contribution is 2.42. The molecule has 0 saturated heterocycles. The third-order valence-electron chi connectivity index (χ3n) is 10.2. The zero-order valence-electron chi connectivity index (χ0n) is 31.4. The van der Waals surface area contributed by atoms with E-state index in [1.807, 2.05) is 34.6 Å². The maximum absolute atomic E-state index is 14.5. The number of ether oxygens (including phenoxy) is 1. The number of rotatable bonds is 21. The van der Waals surface area contributed by atoms with E-state index in [2.05, 4.69) is 47.0 Å². The molecular formula is C36H63F3O6Si2. The van der Waals surface area contributed by atoms with Gasteiger partial charge < -0.3 is 13.6 Å². The van der Waals surface area contributed by atoms with Crippen molar-refractivity contribution in [3.63, 3.8) is 0 Å². The monoisotopic (exact) mass is 704 g/mol. The smallest absolute Gasteiger partial charge is 0.412 e. The Balaban J connectivity index is 6.66. The molecule has 0 aliphatic rings. The minimum absolute atomic E-state index is 0.0938. The van der Waals surface area contributed by atoms with Crippen LogP contribution in [0.15, 0.2) is 37.0 Å². The van der Waals surface area contributed by atoms with Crippen molar-refractivity contribution in [1.29, 1.82) is 0 Å². The van der Waals surface area contributed by atoms with Crippen molar-refractivity contribution in [1.82, 2.24) is 0 Å². The Morgan fingerprint density at radius 2 is 1.40 bits per heavy atom. The minimum Gasteiger partial charge on any atom is -0.454 e. The molecule has 47 heavy (non-hydrogen) atoms. The Kier molecular flexibility index (Phi) is 17.5. The molecule has 0 aliphatic heterocycles. The molecule has 0 fully saturated rings. The molecule has 0 radical (unpaired) electrons. The predicted molar refractivity (Wildman–Crippen MR) is 190 cm³/mol. The van der Waals surface area contributed by atoms with E-state index in [1.165, 1.54) is 6.92 Å². The molecule has 0 aromatic carbocycles. The molecule has 11 heteroatoms. The van der Waals surface area contributed by atoms with Crippen LogP contribution in [-0.4, -0.2) is 58.7 Å². The molecule has 0 bridgehead atoms. The molecule has 0 spiro atoms. The van der Waals surface area contributed by atoms with Crippen molar-refractivity contribution < 1.29 is 41.1 Å².